The smallest absolute Gasteiger partial charge is 0.337 e. The molecule has 0 radical (unpaired) electrons. The maximum absolute atomic E-state index is 11.6. The molecule has 20 heavy (non-hydrogen) atoms. The zero-order valence-electron chi connectivity index (χ0n) is 11.9. The summed E-state index contributed by atoms with van der Waals surface area (Å²) < 4.78 is 4.71. The van der Waals surface area contributed by atoms with Crippen molar-refractivity contribution >= 4 is 23.0 Å². The second-order valence-corrected chi connectivity index (χ2v) is 4.74. The van der Waals surface area contributed by atoms with E-state index >= 15 is 0 Å². The van der Waals surface area contributed by atoms with Crippen LogP contribution in [0.4, 0.5) is 17.1 Å². The number of aryl methyl sites for hydroxylation is 2. The second-order valence-electron chi connectivity index (χ2n) is 4.74. The van der Waals surface area contributed by atoms with Crippen molar-refractivity contribution in [3.63, 3.8) is 0 Å². The van der Waals surface area contributed by atoms with Gasteiger partial charge in [-0.1, -0.05) is 17.7 Å². The molecule has 0 unspecified atom stereocenters. The maximum atomic E-state index is 11.6. The van der Waals surface area contributed by atoms with Crippen LogP contribution in [0, 0.1) is 13.8 Å². The van der Waals surface area contributed by atoms with Crippen molar-refractivity contribution in [3.8, 4) is 0 Å². The van der Waals surface area contributed by atoms with Crippen molar-refractivity contribution in [3.05, 3.63) is 53.1 Å². The van der Waals surface area contributed by atoms with E-state index < -0.39 is 0 Å². The third-order valence-electron chi connectivity index (χ3n) is 3.13. The lowest BCUT2D eigenvalue weighted by atomic mass is 10.1. The predicted molar refractivity (Wildman–Crippen MR) is 81.4 cm³/mol. The topological polar surface area (TPSA) is 64.3 Å². The fraction of sp³-hybridized carbons (Fsp3) is 0.188. The molecule has 0 atom stereocenters. The Morgan fingerprint density at radius 1 is 1.10 bits per heavy atom. The summed E-state index contributed by atoms with van der Waals surface area (Å²) in [4.78, 5) is 11.6. The Hall–Kier alpha value is -2.49. The molecule has 2 aromatic carbocycles. The van der Waals surface area contributed by atoms with Crippen LogP contribution in [0.1, 0.15) is 21.5 Å². The van der Waals surface area contributed by atoms with Gasteiger partial charge in [-0.05, 0) is 43.7 Å². The van der Waals surface area contributed by atoms with Crippen LogP contribution in [0.15, 0.2) is 36.4 Å². The standard InChI is InChI=1S/C16H18N2O2/c1-10-4-7-14(11(2)8-10)18-15-9-12(16(19)20-3)5-6-13(15)17/h4-9,18H,17H2,1-3H3. The Bertz CT molecular complexity index is 651. The number of hydrogen-bond acceptors (Lipinski definition) is 4. The highest BCUT2D eigenvalue weighted by molar-refractivity contribution is 5.92. The molecule has 0 aliphatic rings. The Kier molecular flexibility index (Phi) is 3.94. The van der Waals surface area contributed by atoms with Crippen LogP contribution in [0.25, 0.3) is 0 Å². The van der Waals surface area contributed by atoms with Crippen LogP contribution in [-0.4, -0.2) is 13.1 Å². The van der Waals surface area contributed by atoms with E-state index in [9.17, 15) is 4.79 Å². The Balaban J connectivity index is 2.35. The summed E-state index contributed by atoms with van der Waals surface area (Å²) in [5.41, 5.74) is 11.0. The number of esters is 1. The van der Waals surface area contributed by atoms with Gasteiger partial charge < -0.3 is 15.8 Å². The van der Waals surface area contributed by atoms with Crippen LogP contribution in [0.3, 0.4) is 0 Å². The van der Waals surface area contributed by atoms with Crippen LogP contribution >= 0.6 is 0 Å². The minimum absolute atomic E-state index is 0.381. The maximum Gasteiger partial charge on any atom is 0.337 e. The van der Waals surface area contributed by atoms with Crippen LogP contribution in [-0.2, 0) is 4.74 Å². The van der Waals surface area contributed by atoms with Crippen LogP contribution in [0.2, 0.25) is 0 Å². The summed E-state index contributed by atoms with van der Waals surface area (Å²) in [7, 11) is 1.36. The molecule has 0 heterocycles. The molecule has 0 aliphatic carbocycles. The summed E-state index contributed by atoms with van der Waals surface area (Å²) in [5, 5.41) is 3.25. The van der Waals surface area contributed by atoms with Crippen LogP contribution in [0.5, 0.6) is 0 Å². The van der Waals surface area contributed by atoms with Gasteiger partial charge in [0.2, 0.25) is 0 Å². The summed E-state index contributed by atoms with van der Waals surface area (Å²) in [6.07, 6.45) is 0. The number of hydrogen-bond donors (Lipinski definition) is 2. The normalized spacial score (nSPS) is 10.2. The average Bonchev–Trinajstić information content (AvgIpc) is 2.43. The number of anilines is 3. The fourth-order valence-electron chi connectivity index (χ4n) is 2.01. The fourth-order valence-corrected chi connectivity index (χ4v) is 2.01. The highest BCUT2D eigenvalue weighted by Crippen LogP contribution is 2.27. The molecule has 3 N–H and O–H groups in total. The molecule has 4 nitrogen and oxygen atoms in total. The summed E-state index contributed by atoms with van der Waals surface area (Å²) in [6.45, 7) is 4.07. The molecular formula is C16H18N2O2. The molecular weight excluding hydrogens is 252 g/mol. The molecule has 2 rings (SSSR count). The molecule has 0 bridgehead atoms. The number of ether oxygens (including phenoxy) is 1. The van der Waals surface area contributed by atoms with Crippen molar-refractivity contribution in [2.75, 3.05) is 18.2 Å². The first-order valence-corrected chi connectivity index (χ1v) is 6.33. The third-order valence-corrected chi connectivity index (χ3v) is 3.13. The van der Waals surface area contributed by atoms with Gasteiger partial charge in [0.05, 0.1) is 24.0 Å². The van der Waals surface area contributed by atoms with E-state index in [4.69, 9.17) is 10.5 Å². The summed E-state index contributed by atoms with van der Waals surface area (Å²) in [5.74, 6) is -0.381. The zero-order valence-corrected chi connectivity index (χ0v) is 11.9. The van der Waals surface area contributed by atoms with E-state index in [1.54, 1.807) is 18.2 Å². The number of carbonyl (C=O) groups is 1. The van der Waals surface area contributed by atoms with E-state index in [0.717, 1.165) is 11.3 Å². The number of nitrogens with one attached hydrogen (secondary N) is 1. The van der Waals surface area contributed by atoms with Crippen molar-refractivity contribution in [2.24, 2.45) is 0 Å². The van der Waals surface area contributed by atoms with Gasteiger partial charge in [-0.25, -0.2) is 4.79 Å². The lowest BCUT2D eigenvalue weighted by Gasteiger charge is -2.13. The minimum atomic E-state index is -0.381. The molecule has 0 spiro atoms. The number of nitrogen functional groups attached to an aromatic ring is 1. The van der Waals surface area contributed by atoms with E-state index in [-0.39, 0.29) is 5.97 Å². The highest BCUT2D eigenvalue weighted by Gasteiger charge is 2.09. The molecule has 0 aliphatic heterocycles. The third kappa shape index (κ3) is 2.91. The van der Waals surface area contributed by atoms with Gasteiger partial charge in [-0.2, -0.15) is 0 Å². The lowest BCUT2D eigenvalue weighted by molar-refractivity contribution is 0.0601. The van der Waals surface area contributed by atoms with Crippen molar-refractivity contribution in [1.82, 2.24) is 0 Å². The molecule has 0 saturated carbocycles. The van der Waals surface area contributed by atoms with Crippen LogP contribution < -0.4 is 11.1 Å². The number of methoxy groups -OCH3 is 1. The van der Waals surface area contributed by atoms with E-state index in [1.807, 2.05) is 26.0 Å². The number of nitrogens with two attached hydrogens (primary N) is 1. The quantitative estimate of drug-likeness (QED) is 0.662. The minimum Gasteiger partial charge on any atom is -0.465 e. The number of carbonyl (C=O) groups excluding carboxylic acids is 1. The highest BCUT2D eigenvalue weighted by atomic mass is 16.5. The van der Waals surface area contributed by atoms with E-state index in [2.05, 4.69) is 11.4 Å². The van der Waals surface area contributed by atoms with Gasteiger partial charge in [-0.3, -0.25) is 0 Å². The average molecular weight is 270 g/mol. The largest absolute Gasteiger partial charge is 0.465 e. The molecule has 2 aromatic rings. The Morgan fingerprint density at radius 2 is 1.85 bits per heavy atom. The van der Waals surface area contributed by atoms with Crippen molar-refractivity contribution in [1.29, 1.82) is 0 Å². The van der Waals surface area contributed by atoms with Gasteiger partial charge in [0.25, 0.3) is 0 Å². The SMILES string of the molecule is COC(=O)c1ccc(N)c(Nc2ccc(C)cc2C)c1. The molecule has 0 aromatic heterocycles. The summed E-state index contributed by atoms with van der Waals surface area (Å²) in [6, 6.07) is 11.1. The first kappa shape index (κ1) is 13.9. The summed E-state index contributed by atoms with van der Waals surface area (Å²) >= 11 is 0. The lowest BCUT2D eigenvalue weighted by Crippen LogP contribution is -2.04. The first-order chi connectivity index (χ1) is 9.51. The van der Waals surface area contributed by atoms with Gasteiger partial charge >= 0.3 is 5.97 Å². The molecule has 0 saturated heterocycles. The van der Waals surface area contributed by atoms with Gasteiger partial charge in [0.15, 0.2) is 0 Å². The Labute approximate surface area is 118 Å². The predicted octanol–water partition coefficient (Wildman–Crippen LogP) is 3.42. The monoisotopic (exact) mass is 270 g/mol. The van der Waals surface area contributed by atoms with Gasteiger partial charge in [0, 0.05) is 5.69 Å². The van der Waals surface area contributed by atoms with Gasteiger partial charge in [0.1, 0.15) is 0 Å². The second kappa shape index (κ2) is 5.65. The molecule has 104 valence electrons. The first-order valence-electron chi connectivity index (χ1n) is 6.33. The van der Waals surface area contributed by atoms with E-state index in [1.165, 1.54) is 12.7 Å². The van der Waals surface area contributed by atoms with E-state index in [0.29, 0.717) is 16.9 Å². The number of benzene rings is 2. The Morgan fingerprint density at radius 3 is 2.50 bits per heavy atom. The molecule has 0 fully saturated rings. The molecule has 0 amide bonds. The van der Waals surface area contributed by atoms with Gasteiger partial charge in [-0.15, -0.1) is 0 Å². The number of rotatable bonds is 3. The zero-order chi connectivity index (χ0) is 14.7. The molecule has 4 heteroatoms. The van der Waals surface area contributed by atoms with Crippen molar-refractivity contribution in [2.45, 2.75) is 13.8 Å². The van der Waals surface area contributed by atoms with Crippen molar-refractivity contribution < 1.29 is 9.53 Å².